The van der Waals surface area contributed by atoms with Gasteiger partial charge in [0.25, 0.3) is 0 Å². The number of sulfonamides is 1. The summed E-state index contributed by atoms with van der Waals surface area (Å²) in [7, 11) is 0.347. The van der Waals surface area contributed by atoms with Gasteiger partial charge in [0.05, 0.1) is 0 Å². The molecular weight excluding hydrogens is 278 g/mol. The molecule has 1 unspecified atom stereocenters. The van der Waals surface area contributed by atoms with Crippen LogP contribution in [0.4, 0.5) is 5.82 Å². The molecule has 0 radical (unpaired) electrons. The molecule has 2 heterocycles. The van der Waals surface area contributed by atoms with Crippen molar-refractivity contribution in [1.82, 2.24) is 19.0 Å². The van der Waals surface area contributed by atoms with E-state index in [4.69, 9.17) is 5.73 Å². The van der Waals surface area contributed by atoms with E-state index in [1.54, 1.807) is 8.99 Å². The number of nitrogens with zero attached hydrogens (tertiary/aromatic N) is 4. The molecule has 0 spiro atoms. The fourth-order valence-corrected chi connectivity index (χ4v) is 4.38. The molecule has 1 aliphatic rings. The molecule has 0 saturated carbocycles. The van der Waals surface area contributed by atoms with Crippen LogP contribution in [0.15, 0.2) is 11.1 Å². The van der Waals surface area contributed by atoms with Gasteiger partial charge in [-0.15, -0.1) is 0 Å². The number of hydrogen-bond acceptors (Lipinski definition) is 5. The van der Waals surface area contributed by atoms with Crippen molar-refractivity contribution in [2.75, 3.05) is 32.9 Å². The second-order valence-electron chi connectivity index (χ2n) is 5.41. The Labute approximate surface area is 120 Å². The van der Waals surface area contributed by atoms with Crippen molar-refractivity contribution in [3.8, 4) is 0 Å². The van der Waals surface area contributed by atoms with E-state index in [-0.39, 0.29) is 16.8 Å². The van der Waals surface area contributed by atoms with Gasteiger partial charge in [-0.3, -0.25) is 4.68 Å². The highest BCUT2D eigenvalue weighted by Crippen LogP contribution is 2.28. The number of hydrogen-bond donors (Lipinski definition) is 1. The maximum Gasteiger partial charge on any atom is 0.248 e. The molecule has 1 aliphatic heterocycles. The summed E-state index contributed by atoms with van der Waals surface area (Å²) in [6.07, 6.45) is 3.30. The summed E-state index contributed by atoms with van der Waals surface area (Å²) < 4.78 is 28.6. The van der Waals surface area contributed by atoms with Gasteiger partial charge in [0.2, 0.25) is 10.0 Å². The molecule has 1 fully saturated rings. The molecule has 20 heavy (non-hydrogen) atoms. The molecule has 0 amide bonds. The Kier molecular flexibility index (Phi) is 4.36. The predicted octanol–water partition coefficient (Wildman–Crippen LogP) is 0.200. The van der Waals surface area contributed by atoms with Crippen molar-refractivity contribution in [3.63, 3.8) is 0 Å². The standard InChI is InChI=1S/C12H23N5O2S/c1-4-16-9-11(12(13)14-16)20(18,19)17-7-5-6-10(17)8-15(2)3/h9-10H,4-8H2,1-3H3,(H2,13,14). The Morgan fingerprint density at radius 1 is 1.50 bits per heavy atom. The molecule has 7 nitrogen and oxygen atoms in total. The van der Waals surface area contributed by atoms with Crippen LogP contribution in [-0.4, -0.2) is 60.6 Å². The molecular formula is C12H23N5O2S. The van der Waals surface area contributed by atoms with Gasteiger partial charge in [-0.1, -0.05) is 0 Å². The van der Waals surface area contributed by atoms with Gasteiger partial charge < -0.3 is 10.6 Å². The Balaban J connectivity index is 2.31. The smallest absolute Gasteiger partial charge is 0.248 e. The van der Waals surface area contributed by atoms with Crippen LogP contribution in [0, 0.1) is 0 Å². The lowest BCUT2D eigenvalue weighted by molar-refractivity contribution is 0.291. The summed E-state index contributed by atoms with van der Waals surface area (Å²) in [6, 6.07) is 0.0133. The monoisotopic (exact) mass is 301 g/mol. The molecule has 114 valence electrons. The van der Waals surface area contributed by atoms with Crippen LogP contribution in [0.1, 0.15) is 19.8 Å². The summed E-state index contributed by atoms with van der Waals surface area (Å²) in [4.78, 5) is 2.14. The SMILES string of the molecule is CCn1cc(S(=O)(=O)N2CCCC2CN(C)C)c(N)n1. The first kappa shape index (κ1) is 15.3. The number of nitrogen functional groups attached to an aromatic ring is 1. The maximum absolute atomic E-state index is 12.8. The van der Waals surface area contributed by atoms with Gasteiger partial charge in [-0.05, 0) is 33.9 Å². The van der Waals surface area contributed by atoms with E-state index in [0.29, 0.717) is 13.1 Å². The largest absolute Gasteiger partial charge is 0.381 e. The Hall–Kier alpha value is -1.12. The van der Waals surface area contributed by atoms with Gasteiger partial charge in [0.15, 0.2) is 5.82 Å². The van der Waals surface area contributed by atoms with Crippen LogP contribution in [-0.2, 0) is 16.6 Å². The zero-order valence-electron chi connectivity index (χ0n) is 12.3. The minimum atomic E-state index is -3.56. The minimum absolute atomic E-state index is 0.0133. The molecule has 8 heteroatoms. The highest BCUT2D eigenvalue weighted by molar-refractivity contribution is 7.89. The molecule has 2 rings (SSSR count). The van der Waals surface area contributed by atoms with E-state index in [1.807, 2.05) is 25.9 Å². The Bertz CT molecular complexity index is 566. The zero-order valence-corrected chi connectivity index (χ0v) is 13.1. The van der Waals surface area contributed by atoms with Gasteiger partial charge in [0.1, 0.15) is 4.90 Å². The molecule has 1 atom stereocenters. The number of aromatic nitrogens is 2. The number of nitrogens with two attached hydrogens (primary N) is 1. The number of likely N-dealkylation sites (N-methyl/N-ethyl adjacent to an activating group) is 1. The second kappa shape index (κ2) is 5.71. The first-order valence-electron chi connectivity index (χ1n) is 6.85. The molecule has 1 aromatic rings. The highest BCUT2D eigenvalue weighted by atomic mass is 32.2. The van der Waals surface area contributed by atoms with Crippen molar-refractivity contribution in [1.29, 1.82) is 0 Å². The molecule has 0 aromatic carbocycles. The van der Waals surface area contributed by atoms with Crippen LogP contribution >= 0.6 is 0 Å². The number of aryl methyl sites for hydroxylation is 1. The summed E-state index contributed by atoms with van der Waals surface area (Å²) in [5, 5.41) is 4.03. The Morgan fingerprint density at radius 3 is 2.75 bits per heavy atom. The van der Waals surface area contributed by atoms with Gasteiger partial charge in [-0.25, -0.2) is 8.42 Å². The lowest BCUT2D eigenvalue weighted by Gasteiger charge is -2.26. The Morgan fingerprint density at radius 2 is 2.20 bits per heavy atom. The average molecular weight is 301 g/mol. The average Bonchev–Trinajstić information content (AvgIpc) is 2.95. The van der Waals surface area contributed by atoms with E-state index < -0.39 is 10.0 Å². The zero-order chi connectivity index (χ0) is 14.9. The third kappa shape index (κ3) is 2.82. The van der Waals surface area contributed by atoms with Crippen LogP contribution in [0.3, 0.4) is 0 Å². The number of anilines is 1. The minimum Gasteiger partial charge on any atom is -0.381 e. The fraction of sp³-hybridized carbons (Fsp3) is 0.750. The van der Waals surface area contributed by atoms with E-state index in [2.05, 4.69) is 5.10 Å². The van der Waals surface area contributed by atoms with Crippen molar-refractivity contribution in [2.24, 2.45) is 0 Å². The lowest BCUT2D eigenvalue weighted by atomic mass is 10.2. The lowest BCUT2D eigenvalue weighted by Crippen LogP contribution is -2.41. The molecule has 1 saturated heterocycles. The van der Waals surface area contributed by atoms with Crippen molar-refractivity contribution in [2.45, 2.75) is 37.2 Å². The van der Waals surface area contributed by atoms with Crippen molar-refractivity contribution >= 4 is 15.8 Å². The topological polar surface area (TPSA) is 84.5 Å². The third-order valence-electron chi connectivity index (χ3n) is 3.56. The van der Waals surface area contributed by atoms with E-state index in [0.717, 1.165) is 19.4 Å². The summed E-state index contributed by atoms with van der Waals surface area (Å²) in [5.41, 5.74) is 5.77. The van der Waals surface area contributed by atoms with E-state index >= 15 is 0 Å². The normalized spacial score (nSPS) is 20.9. The number of rotatable bonds is 5. The van der Waals surface area contributed by atoms with Crippen LogP contribution < -0.4 is 5.73 Å². The fourth-order valence-electron chi connectivity index (χ4n) is 2.63. The van der Waals surface area contributed by atoms with Gasteiger partial charge in [-0.2, -0.15) is 9.40 Å². The quantitative estimate of drug-likeness (QED) is 0.840. The summed E-state index contributed by atoms with van der Waals surface area (Å²) >= 11 is 0. The van der Waals surface area contributed by atoms with Crippen LogP contribution in [0.2, 0.25) is 0 Å². The van der Waals surface area contributed by atoms with Gasteiger partial charge in [0, 0.05) is 31.9 Å². The molecule has 1 aromatic heterocycles. The molecule has 2 N–H and O–H groups in total. The predicted molar refractivity (Wildman–Crippen MR) is 77.8 cm³/mol. The molecule has 0 aliphatic carbocycles. The van der Waals surface area contributed by atoms with Gasteiger partial charge >= 0.3 is 0 Å². The van der Waals surface area contributed by atoms with Crippen LogP contribution in [0.25, 0.3) is 0 Å². The third-order valence-corrected chi connectivity index (χ3v) is 5.53. The summed E-state index contributed by atoms with van der Waals surface area (Å²) in [6.45, 7) is 3.77. The highest BCUT2D eigenvalue weighted by Gasteiger charge is 2.37. The van der Waals surface area contributed by atoms with E-state index in [1.165, 1.54) is 6.20 Å². The van der Waals surface area contributed by atoms with Crippen molar-refractivity contribution in [3.05, 3.63) is 6.20 Å². The first-order chi connectivity index (χ1) is 9.36. The van der Waals surface area contributed by atoms with Crippen LogP contribution in [0.5, 0.6) is 0 Å². The maximum atomic E-state index is 12.8. The second-order valence-corrected chi connectivity index (χ2v) is 7.27. The molecule has 0 bridgehead atoms. The first-order valence-corrected chi connectivity index (χ1v) is 8.29. The van der Waals surface area contributed by atoms with Crippen molar-refractivity contribution < 1.29 is 8.42 Å². The summed E-state index contributed by atoms with van der Waals surface area (Å²) in [5.74, 6) is 0.0855. The van der Waals surface area contributed by atoms with E-state index in [9.17, 15) is 8.42 Å².